The van der Waals surface area contributed by atoms with Crippen LogP contribution in [0.3, 0.4) is 0 Å². The summed E-state index contributed by atoms with van der Waals surface area (Å²) >= 11 is 0. The number of amides is 1. The zero-order valence-corrected chi connectivity index (χ0v) is 17.3. The molecule has 0 spiro atoms. The Bertz CT molecular complexity index is 586. The summed E-state index contributed by atoms with van der Waals surface area (Å²) in [7, 11) is 0. The van der Waals surface area contributed by atoms with Crippen LogP contribution in [0.1, 0.15) is 44.1 Å². The molecule has 3 rings (SSSR count). The number of carbonyl (C=O) groups is 1. The summed E-state index contributed by atoms with van der Waals surface area (Å²) in [5, 5.41) is 10.8. The number of morpholine rings is 1. The first kappa shape index (κ1) is 21.3. The highest BCUT2D eigenvalue weighted by Crippen LogP contribution is 2.26. The molecule has 2 N–H and O–H groups in total. The van der Waals surface area contributed by atoms with Crippen molar-refractivity contribution >= 4 is 5.91 Å². The number of unbranched alkanes of at least 4 members (excludes halogenated alkanes) is 1. The maximum absolute atomic E-state index is 12.5. The molecular weight excluding hydrogens is 356 g/mol. The number of hydrogen-bond donors (Lipinski definition) is 2. The number of ether oxygens (including phenoxy) is 1. The standard InChI is InChI=1S/C21H36N4O3/c1-2-3-4-20-15-19(24-28-20)13-18-16-22-6-5-17(18)14-21(26)23-7-8-25-9-11-27-12-10-25/h15,17-18,22H,2-14,16H2,1H3,(H,23,26)/t17-,18+/m0/s1. The summed E-state index contributed by atoms with van der Waals surface area (Å²) in [5.74, 6) is 2.00. The van der Waals surface area contributed by atoms with Gasteiger partial charge in [0, 0.05) is 45.1 Å². The lowest BCUT2D eigenvalue weighted by Gasteiger charge is -2.31. The van der Waals surface area contributed by atoms with Crippen molar-refractivity contribution in [2.75, 3.05) is 52.5 Å². The fraction of sp³-hybridized carbons (Fsp3) is 0.810. The van der Waals surface area contributed by atoms with Crippen molar-refractivity contribution in [2.45, 2.75) is 45.4 Å². The van der Waals surface area contributed by atoms with E-state index in [0.717, 1.165) is 96.0 Å². The largest absolute Gasteiger partial charge is 0.379 e. The maximum atomic E-state index is 12.5. The lowest BCUT2D eigenvalue weighted by Crippen LogP contribution is -2.43. The highest BCUT2D eigenvalue weighted by atomic mass is 16.5. The molecule has 158 valence electrons. The van der Waals surface area contributed by atoms with Crippen LogP contribution >= 0.6 is 0 Å². The minimum atomic E-state index is 0.175. The van der Waals surface area contributed by atoms with E-state index in [1.807, 2.05) is 0 Å². The molecule has 7 nitrogen and oxygen atoms in total. The van der Waals surface area contributed by atoms with Crippen molar-refractivity contribution in [1.29, 1.82) is 0 Å². The molecule has 0 aromatic carbocycles. The van der Waals surface area contributed by atoms with Crippen molar-refractivity contribution in [3.63, 3.8) is 0 Å². The van der Waals surface area contributed by atoms with Crippen LogP contribution in [0, 0.1) is 11.8 Å². The van der Waals surface area contributed by atoms with Crippen molar-refractivity contribution in [3.05, 3.63) is 17.5 Å². The maximum Gasteiger partial charge on any atom is 0.220 e. The molecule has 0 bridgehead atoms. The molecule has 0 saturated carbocycles. The number of piperidine rings is 1. The predicted molar refractivity (Wildman–Crippen MR) is 108 cm³/mol. The Balaban J connectivity index is 1.42. The number of nitrogens with zero attached hydrogens (tertiary/aromatic N) is 2. The van der Waals surface area contributed by atoms with E-state index in [1.54, 1.807) is 0 Å². The summed E-state index contributed by atoms with van der Waals surface area (Å²) in [6.45, 7) is 9.27. The van der Waals surface area contributed by atoms with Crippen molar-refractivity contribution in [3.8, 4) is 0 Å². The zero-order chi connectivity index (χ0) is 19.6. The second-order valence-electron chi connectivity index (χ2n) is 8.11. The van der Waals surface area contributed by atoms with E-state index >= 15 is 0 Å². The van der Waals surface area contributed by atoms with E-state index in [4.69, 9.17) is 9.26 Å². The molecule has 3 heterocycles. The summed E-state index contributed by atoms with van der Waals surface area (Å²) in [6.07, 6.45) is 5.78. The number of rotatable bonds is 10. The third-order valence-corrected chi connectivity index (χ3v) is 5.92. The van der Waals surface area contributed by atoms with E-state index in [-0.39, 0.29) is 5.91 Å². The molecule has 2 aliphatic heterocycles. The van der Waals surface area contributed by atoms with E-state index in [2.05, 4.69) is 33.7 Å². The fourth-order valence-corrected chi connectivity index (χ4v) is 4.16. The predicted octanol–water partition coefficient (Wildman–Crippen LogP) is 1.62. The molecule has 0 radical (unpaired) electrons. The third-order valence-electron chi connectivity index (χ3n) is 5.92. The average Bonchev–Trinajstić information content (AvgIpc) is 3.16. The lowest BCUT2D eigenvalue weighted by molar-refractivity contribution is -0.122. The molecule has 2 saturated heterocycles. The Morgan fingerprint density at radius 1 is 1.36 bits per heavy atom. The van der Waals surface area contributed by atoms with Gasteiger partial charge in [0.15, 0.2) is 0 Å². The fourth-order valence-electron chi connectivity index (χ4n) is 4.16. The molecule has 7 heteroatoms. The molecule has 1 amide bonds. The average molecular weight is 393 g/mol. The second-order valence-corrected chi connectivity index (χ2v) is 8.11. The smallest absolute Gasteiger partial charge is 0.220 e. The van der Waals surface area contributed by atoms with Crippen LogP contribution < -0.4 is 10.6 Å². The normalized spacial score (nSPS) is 23.6. The van der Waals surface area contributed by atoms with Gasteiger partial charge in [-0.1, -0.05) is 18.5 Å². The summed E-state index contributed by atoms with van der Waals surface area (Å²) in [4.78, 5) is 14.8. The zero-order valence-electron chi connectivity index (χ0n) is 17.3. The molecule has 28 heavy (non-hydrogen) atoms. The van der Waals surface area contributed by atoms with Crippen molar-refractivity contribution in [2.24, 2.45) is 11.8 Å². The summed E-state index contributed by atoms with van der Waals surface area (Å²) in [5.41, 5.74) is 1.03. The van der Waals surface area contributed by atoms with Crippen LogP contribution in [0.2, 0.25) is 0 Å². The first-order chi connectivity index (χ1) is 13.7. The molecule has 0 aliphatic carbocycles. The van der Waals surface area contributed by atoms with Gasteiger partial charge in [-0.05, 0) is 44.2 Å². The number of carbonyl (C=O) groups excluding carboxylic acids is 1. The first-order valence-corrected chi connectivity index (χ1v) is 11.0. The van der Waals surface area contributed by atoms with Gasteiger partial charge in [0.25, 0.3) is 0 Å². The highest BCUT2D eigenvalue weighted by Gasteiger charge is 2.28. The number of nitrogens with one attached hydrogen (secondary N) is 2. The van der Waals surface area contributed by atoms with E-state index in [9.17, 15) is 4.79 Å². The monoisotopic (exact) mass is 392 g/mol. The van der Waals surface area contributed by atoms with E-state index < -0.39 is 0 Å². The van der Waals surface area contributed by atoms with Gasteiger partial charge in [-0.2, -0.15) is 0 Å². The minimum absolute atomic E-state index is 0.175. The van der Waals surface area contributed by atoms with Crippen molar-refractivity contribution < 1.29 is 14.1 Å². The third kappa shape index (κ3) is 6.87. The highest BCUT2D eigenvalue weighted by molar-refractivity contribution is 5.76. The first-order valence-electron chi connectivity index (χ1n) is 11.0. The van der Waals surface area contributed by atoms with E-state index in [0.29, 0.717) is 18.3 Å². The topological polar surface area (TPSA) is 79.6 Å². The van der Waals surface area contributed by atoms with Crippen LogP contribution in [-0.2, 0) is 22.4 Å². The Labute approximate surface area is 168 Å². The molecule has 1 aromatic rings. The van der Waals surface area contributed by atoms with Crippen LogP contribution in [0.5, 0.6) is 0 Å². The Morgan fingerprint density at radius 3 is 3.04 bits per heavy atom. The van der Waals surface area contributed by atoms with Crippen molar-refractivity contribution in [1.82, 2.24) is 20.7 Å². The summed E-state index contributed by atoms with van der Waals surface area (Å²) in [6, 6.07) is 2.10. The van der Waals surface area contributed by atoms with Gasteiger partial charge in [-0.25, -0.2) is 0 Å². The number of aryl methyl sites for hydroxylation is 1. The number of hydrogen-bond acceptors (Lipinski definition) is 6. The van der Waals surface area contributed by atoms with Crippen LogP contribution in [-0.4, -0.2) is 68.4 Å². The molecular formula is C21H36N4O3. The quantitative estimate of drug-likeness (QED) is 0.630. The lowest BCUT2D eigenvalue weighted by atomic mass is 9.81. The van der Waals surface area contributed by atoms with E-state index in [1.165, 1.54) is 0 Å². The molecule has 0 unspecified atom stereocenters. The molecule has 2 fully saturated rings. The van der Waals surface area contributed by atoms with Gasteiger partial charge in [0.2, 0.25) is 5.91 Å². The molecule has 2 aliphatic rings. The second kappa shape index (κ2) is 11.5. The van der Waals surface area contributed by atoms with Crippen LogP contribution in [0.15, 0.2) is 10.6 Å². The Hall–Kier alpha value is -1.44. The Morgan fingerprint density at radius 2 is 2.21 bits per heavy atom. The SMILES string of the molecule is CCCCc1cc(C[C@@H]2CNCC[C@H]2CC(=O)NCCN2CCOCC2)no1. The van der Waals surface area contributed by atoms with Crippen LogP contribution in [0.25, 0.3) is 0 Å². The molecule has 1 aromatic heterocycles. The summed E-state index contributed by atoms with van der Waals surface area (Å²) < 4.78 is 10.8. The number of aromatic nitrogens is 1. The Kier molecular flexibility index (Phi) is 8.76. The van der Waals surface area contributed by atoms with Gasteiger partial charge in [-0.15, -0.1) is 0 Å². The minimum Gasteiger partial charge on any atom is -0.379 e. The van der Waals surface area contributed by atoms with Crippen LogP contribution in [0.4, 0.5) is 0 Å². The van der Waals surface area contributed by atoms with Gasteiger partial charge in [-0.3, -0.25) is 9.69 Å². The van der Waals surface area contributed by atoms with Gasteiger partial charge < -0.3 is 19.9 Å². The van der Waals surface area contributed by atoms with Gasteiger partial charge in [0.1, 0.15) is 5.76 Å². The van der Waals surface area contributed by atoms with Gasteiger partial charge >= 0.3 is 0 Å². The molecule has 2 atom stereocenters. The van der Waals surface area contributed by atoms with Gasteiger partial charge in [0.05, 0.1) is 18.9 Å².